The molecule has 1 saturated carbocycles. The summed E-state index contributed by atoms with van der Waals surface area (Å²) < 4.78 is 3.38. The Hall–Kier alpha value is -1.42. The van der Waals surface area contributed by atoms with E-state index >= 15 is 0 Å². The zero-order chi connectivity index (χ0) is 12.4. The second-order valence-corrected chi connectivity index (χ2v) is 5.75. The predicted molar refractivity (Wildman–Crippen MR) is 76.9 cm³/mol. The van der Waals surface area contributed by atoms with Crippen LogP contribution in [0.1, 0.15) is 32.1 Å². The first-order valence-corrected chi connectivity index (χ1v) is 7.30. The molecule has 94 valence electrons. The van der Waals surface area contributed by atoms with Gasteiger partial charge in [0.15, 0.2) is 0 Å². The predicted octanol–water partition coefficient (Wildman–Crippen LogP) is 3.46. The Bertz CT molecular complexity index is 640. The molecule has 1 aromatic heterocycles. The molecule has 0 bridgehead atoms. The monoisotopic (exact) mass is 259 g/mol. The standard InChI is InChI=1S/C14H17N3S/c1-17-12-9-5-6-10-13(12)18-14(17)16-15-11-7-3-2-4-8-11/h5-6,9-10H,2-4,7-8H2,1H3. The summed E-state index contributed by atoms with van der Waals surface area (Å²) in [4.78, 5) is 0.981. The van der Waals surface area contributed by atoms with E-state index in [1.165, 1.54) is 35.2 Å². The highest BCUT2D eigenvalue weighted by atomic mass is 32.1. The van der Waals surface area contributed by atoms with Gasteiger partial charge in [-0.15, -0.1) is 5.10 Å². The molecule has 0 atom stereocenters. The van der Waals surface area contributed by atoms with Crippen molar-refractivity contribution in [3.05, 3.63) is 29.1 Å². The van der Waals surface area contributed by atoms with Crippen LogP contribution >= 0.6 is 11.3 Å². The number of nitrogens with zero attached hydrogens (tertiary/aromatic N) is 3. The van der Waals surface area contributed by atoms with Gasteiger partial charge in [0.25, 0.3) is 0 Å². The average Bonchev–Trinajstić information content (AvgIpc) is 2.75. The van der Waals surface area contributed by atoms with Gasteiger partial charge in [-0.2, -0.15) is 5.10 Å². The summed E-state index contributed by atoms with van der Waals surface area (Å²) in [5.41, 5.74) is 2.49. The zero-order valence-electron chi connectivity index (χ0n) is 10.6. The van der Waals surface area contributed by atoms with Gasteiger partial charge >= 0.3 is 0 Å². The minimum atomic E-state index is 0.981. The van der Waals surface area contributed by atoms with Crippen LogP contribution in [-0.2, 0) is 7.05 Å². The molecule has 0 spiro atoms. The van der Waals surface area contributed by atoms with Crippen molar-refractivity contribution in [1.82, 2.24) is 4.57 Å². The van der Waals surface area contributed by atoms with Crippen LogP contribution in [0.5, 0.6) is 0 Å². The molecule has 2 aromatic rings. The number of thiazole rings is 1. The summed E-state index contributed by atoms with van der Waals surface area (Å²) in [7, 11) is 2.05. The van der Waals surface area contributed by atoms with Crippen LogP contribution < -0.4 is 4.80 Å². The normalized spacial score (nSPS) is 17.4. The van der Waals surface area contributed by atoms with Gasteiger partial charge in [-0.3, -0.25) is 0 Å². The largest absolute Gasteiger partial charge is 0.318 e. The van der Waals surface area contributed by atoms with Gasteiger partial charge in [0.05, 0.1) is 10.2 Å². The van der Waals surface area contributed by atoms with Gasteiger partial charge < -0.3 is 4.57 Å². The minimum Gasteiger partial charge on any atom is -0.318 e. The first-order chi connectivity index (χ1) is 8.84. The molecule has 0 aliphatic heterocycles. The lowest BCUT2D eigenvalue weighted by atomic mass is 9.99. The van der Waals surface area contributed by atoms with Gasteiger partial charge in [-0.05, 0) is 37.8 Å². The summed E-state index contributed by atoms with van der Waals surface area (Å²) in [5, 5.41) is 8.88. The molecule has 3 nitrogen and oxygen atoms in total. The molecule has 1 heterocycles. The van der Waals surface area contributed by atoms with Crippen LogP contribution in [0.15, 0.2) is 34.5 Å². The third kappa shape index (κ3) is 2.25. The maximum Gasteiger partial charge on any atom is 0.211 e. The molecule has 1 fully saturated rings. The Morgan fingerprint density at radius 1 is 1.06 bits per heavy atom. The average molecular weight is 259 g/mol. The first-order valence-electron chi connectivity index (χ1n) is 6.48. The molecule has 18 heavy (non-hydrogen) atoms. The molecular formula is C14H17N3S. The van der Waals surface area contributed by atoms with E-state index in [4.69, 9.17) is 0 Å². The number of hydrogen-bond donors (Lipinski definition) is 0. The number of fused-ring (bicyclic) bond motifs is 1. The molecule has 0 unspecified atom stereocenters. The molecular weight excluding hydrogens is 242 g/mol. The minimum absolute atomic E-state index is 0.981. The van der Waals surface area contributed by atoms with Crippen LogP contribution in [0.4, 0.5) is 0 Å². The maximum absolute atomic E-state index is 4.44. The van der Waals surface area contributed by atoms with E-state index in [9.17, 15) is 0 Å². The van der Waals surface area contributed by atoms with E-state index in [1.807, 2.05) is 0 Å². The van der Waals surface area contributed by atoms with Crippen LogP contribution in [0.3, 0.4) is 0 Å². The molecule has 4 heteroatoms. The summed E-state index contributed by atoms with van der Waals surface area (Å²) in [6.45, 7) is 0. The van der Waals surface area contributed by atoms with Gasteiger partial charge in [-0.25, -0.2) is 0 Å². The lowest BCUT2D eigenvalue weighted by Crippen LogP contribution is -2.10. The van der Waals surface area contributed by atoms with E-state index in [0.29, 0.717) is 0 Å². The number of rotatable bonds is 1. The van der Waals surface area contributed by atoms with Gasteiger partial charge in [0.2, 0.25) is 4.80 Å². The number of aromatic nitrogens is 1. The molecule has 1 aliphatic rings. The van der Waals surface area contributed by atoms with Crippen molar-refractivity contribution in [2.75, 3.05) is 0 Å². The quantitative estimate of drug-likeness (QED) is 0.702. The molecule has 0 radical (unpaired) electrons. The Balaban J connectivity index is 2.00. The molecule has 1 aliphatic carbocycles. The summed E-state index contributed by atoms with van der Waals surface area (Å²) in [6, 6.07) is 8.38. The first kappa shape index (κ1) is 11.7. The lowest BCUT2D eigenvalue weighted by Gasteiger charge is -2.09. The Kier molecular flexibility index (Phi) is 3.28. The summed E-state index contributed by atoms with van der Waals surface area (Å²) in [6.07, 6.45) is 6.13. The highest BCUT2D eigenvalue weighted by molar-refractivity contribution is 7.16. The maximum atomic E-state index is 4.44. The Labute approximate surface area is 110 Å². The molecule has 0 N–H and O–H groups in total. The van der Waals surface area contributed by atoms with Crippen molar-refractivity contribution < 1.29 is 0 Å². The Morgan fingerprint density at radius 3 is 2.61 bits per heavy atom. The highest BCUT2D eigenvalue weighted by Gasteiger charge is 2.06. The van der Waals surface area contributed by atoms with Gasteiger partial charge in [-0.1, -0.05) is 29.9 Å². The number of aryl methyl sites for hydroxylation is 1. The van der Waals surface area contributed by atoms with Crippen molar-refractivity contribution >= 4 is 27.3 Å². The van der Waals surface area contributed by atoms with Crippen LogP contribution in [0, 0.1) is 0 Å². The van der Waals surface area contributed by atoms with Gasteiger partial charge in [0, 0.05) is 12.8 Å². The SMILES string of the molecule is Cn1c(=NN=C2CCCCC2)sc2ccccc21. The van der Waals surface area contributed by atoms with E-state index in [1.54, 1.807) is 11.3 Å². The van der Waals surface area contributed by atoms with Crippen molar-refractivity contribution in [2.45, 2.75) is 32.1 Å². The third-order valence-electron chi connectivity index (χ3n) is 3.42. The molecule has 0 saturated heterocycles. The number of benzene rings is 1. The van der Waals surface area contributed by atoms with Gasteiger partial charge in [0.1, 0.15) is 0 Å². The second-order valence-electron chi connectivity index (χ2n) is 4.74. The van der Waals surface area contributed by atoms with E-state index < -0.39 is 0 Å². The summed E-state index contributed by atoms with van der Waals surface area (Å²) >= 11 is 1.70. The third-order valence-corrected chi connectivity index (χ3v) is 4.53. The molecule has 1 aromatic carbocycles. The highest BCUT2D eigenvalue weighted by Crippen LogP contribution is 2.16. The molecule has 0 amide bonds. The van der Waals surface area contributed by atoms with Crippen LogP contribution in [0.2, 0.25) is 0 Å². The molecule has 3 rings (SSSR count). The lowest BCUT2D eigenvalue weighted by molar-refractivity contribution is 0.663. The van der Waals surface area contributed by atoms with E-state index in [0.717, 1.165) is 17.6 Å². The fraction of sp³-hybridized carbons (Fsp3) is 0.429. The fourth-order valence-corrected chi connectivity index (χ4v) is 3.32. The summed E-state index contributed by atoms with van der Waals surface area (Å²) in [5.74, 6) is 0. The fourth-order valence-electron chi connectivity index (χ4n) is 2.35. The zero-order valence-corrected chi connectivity index (χ0v) is 11.4. The Morgan fingerprint density at radius 2 is 1.83 bits per heavy atom. The number of hydrogen-bond acceptors (Lipinski definition) is 3. The van der Waals surface area contributed by atoms with E-state index in [2.05, 4.69) is 46.1 Å². The number of para-hydroxylation sites is 1. The second kappa shape index (κ2) is 5.06. The van der Waals surface area contributed by atoms with Crippen LogP contribution in [-0.4, -0.2) is 10.3 Å². The van der Waals surface area contributed by atoms with Crippen molar-refractivity contribution in [1.29, 1.82) is 0 Å². The van der Waals surface area contributed by atoms with Crippen molar-refractivity contribution in [3.8, 4) is 0 Å². The van der Waals surface area contributed by atoms with E-state index in [-0.39, 0.29) is 0 Å². The smallest absolute Gasteiger partial charge is 0.211 e. The topological polar surface area (TPSA) is 29.6 Å². The van der Waals surface area contributed by atoms with Crippen LogP contribution in [0.25, 0.3) is 10.2 Å². The van der Waals surface area contributed by atoms with Crippen molar-refractivity contribution in [2.24, 2.45) is 17.3 Å². The van der Waals surface area contributed by atoms with Crippen molar-refractivity contribution in [3.63, 3.8) is 0 Å².